The maximum atomic E-state index is 10.2. The van der Waals surface area contributed by atoms with Crippen molar-refractivity contribution in [3.8, 4) is 0 Å². The van der Waals surface area contributed by atoms with Gasteiger partial charge in [0.05, 0.1) is 0 Å². The smallest absolute Gasteiger partial charge is 0.206 e. The normalized spacial score (nSPS) is 14.1. The lowest BCUT2D eigenvalue weighted by Gasteiger charge is -1.85. The topological polar surface area (TPSA) is 34.1 Å². The van der Waals surface area contributed by atoms with Crippen LogP contribution < -0.4 is 0 Å². The van der Waals surface area contributed by atoms with Gasteiger partial charge in [-0.05, 0) is 22.9 Å². The summed E-state index contributed by atoms with van der Waals surface area (Å²) in [5.74, 6) is 0. The van der Waals surface area contributed by atoms with Crippen LogP contribution in [0.15, 0.2) is 9.89 Å². The Labute approximate surface area is 61.1 Å². The Morgan fingerprint density at radius 1 is 1.75 bits per heavy atom. The van der Waals surface area contributed by atoms with Crippen molar-refractivity contribution in [3.63, 3.8) is 0 Å². The zero-order valence-corrected chi connectivity index (χ0v) is 7.22. The van der Waals surface area contributed by atoms with Crippen LogP contribution in [0.5, 0.6) is 0 Å². The first-order valence-corrected chi connectivity index (χ1v) is 4.85. The van der Waals surface area contributed by atoms with Crippen LogP contribution in [0, 0.1) is 0 Å². The molecule has 8 heavy (non-hydrogen) atoms. The molecule has 0 aromatic heterocycles. The second kappa shape index (κ2) is 2.85. The molecular formula is C3H4BrClO2S. The van der Waals surface area contributed by atoms with Crippen LogP contribution in [-0.2, 0) is 9.05 Å². The van der Waals surface area contributed by atoms with Gasteiger partial charge in [-0.3, -0.25) is 0 Å². The van der Waals surface area contributed by atoms with Crippen molar-refractivity contribution in [1.29, 1.82) is 0 Å². The molecule has 0 aromatic rings. The molecule has 0 spiro atoms. The second-order valence-corrected chi connectivity index (χ2v) is 4.94. The van der Waals surface area contributed by atoms with Crippen LogP contribution in [-0.4, -0.2) is 8.42 Å². The predicted molar refractivity (Wildman–Crippen MR) is 37.5 cm³/mol. The zero-order chi connectivity index (χ0) is 6.78. The lowest BCUT2D eigenvalue weighted by Crippen LogP contribution is -1.84. The maximum absolute atomic E-state index is 10.2. The van der Waals surface area contributed by atoms with Crippen molar-refractivity contribution in [1.82, 2.24) is 0 Å². The van der Waals surface area contributed by atoms with Gasteiger partial charge in [-0.25, -0.2) is 8.42 Å². The lowest BCUT2D eigenvalue weighted by molar-refractivity contribution is 0.616. The van der Waals surface area contributed by atoms with Crippen molar-refractivity contribution in [2.45, 2.75) is 6.92 Å². The number of halogens is 2. The first kappa shape index (κ1) is 8.46. The molecule has 0 aromatic carbocycles. The number of allylic oxidation sites excluding steroid dienone is 1. The minimum Gasteiger partial charge on any atom is -0.206 e. The summed E-state index contributed by atoms with van der Waals surface area (Å²) in [4.78, 5) is 0. The van der Waals surface area contributed by atoms with Crippen LogP contribution >= 0.6 is 26.6 Å². The van der Waals surface area contributed by atoms with Gasteiger partial charge in [-0.1, -0.05) is 6.08 Å². The highest BCUT2D eigenvalue weighted by Gasteiger charge is 2.06. The average molecular weight is 219 g/mol. The van der Waals surface area contributed by atoms with Gasteiger partial charge in [-0.15, -0.1) is 0 Å². The number of rotatable bonds is 1. The van der Waals surface area contributed by atoms with Crippen molar-refractivity contribution in [2.24, 2.45) is 0 Å². The van der Waals surface area contributed by atoms with Crippen molar-refractivity contribution < 1.29 is 8.42 Å². The van der Waals surface area contributed by atoms with Gasteiger partial charge in [0, 0.05) is 10.7 Å². The van der Waals surface area contributed by atoms with Crippen molar-refractivity contribution in [2.75, 3.05) is 0 Å². The van der Waals surface area contributed by atoms with Gasteiger partial charge in [-0.2, -0.15) is 0 Å². The summed E-state index contributed by atoms with van der Waals surface area (Å²) in [6, 6.07) is 0. The molecule has 2 nitrogen and oxygen atoms in total. The standard InChI is InChI=1S/C3H4BrClO2S/c1-2-3(4)8(5,6)7/h2H,1H3. The highest BCUT2D eigenvalue weighted by molar-refractivity contribution is 9.14. The van der Waals surface area contributed by atoms with E-state index >= 15 is 0 Å². The van der Waals surface area contributed by atoms with E-state index in [1.54, 1.807) is 6.92 Å². The van der Waals surface area contributed by atoms with E-state index in [-0.39, 0.29) is 3.81 Å². The van der Waals surface area contributed by atoms with Crippen molar-refractivity contribution in [3.05, 3.63) is 9.89 Å². The van der Waals surface area contributed by atoms with E-state index in [1.165, 1.54) is 6.08 Å². The van der Waals surface area contributed by atoms with Crippen LogP contribution in [0.2, 0.25) is 0 Å². The molecule has 0 aliphatic heterocycles. The van der Waals surface area contributed by atoms with E-state index in [1.807, 2.05) is 0 Å². The molecule has 0 bridgehead atoms. The molecule has 0 radical (unpaired) electrons. The summed E-state index contributed by atoms with van der Waals surface area (Å²) in [6.07, 6.45) is 1.36. The Kier molecular flexibility index (Phi) is 3.01. The van der Waals surface area contributed by atoms with E-state index in [4.69, 9.17) is 10.7 Å². The molecule has 0 amide bonds. The van der Waals surface area contributed by atoms with Gasteiger partial charge >= 0.3 is 0 Å². The molecule has 48 valence electrons. The van der Waals surface area contributed by atoms with Gasteiger partial charge in [0.25, 0.3) is 9.05 Å². The maximum Gasteiger partial charge on any atom is 0.267 e. The predicted octanol–water partition coefficient (Wildman–Crippen LogP) is 1.81. The Morgan fingerprint density at radius 2 is 2.12 bits per heavy atom. The van der Waals surface area contributed by atoms with Crippen LogP contribution in [0.1, 0.15) is 6.92 Å². The van der Waals surface area contributed by atoms with Crippen LogP contribution in [0.25, 0.3) is 0 Å². The minimum absolute atomic E-state index is 0.00617. The molecule has 5 heteroatoms. The second-order valence-electron chi connectivity index (χ2n) is 1.03. The van der Waals surface area contributed by atoms with Gasteiger partial charge in [0.1, 0.15) is 3.81 Å². The molecule has 0 rings (SSSR count). The highest BCUT2D eigenvalue weighted by atomic mass is 79.9. The summed E-state index contributed by atoms with van der Waals surface area (Å²) in [7, 11) is 1.34. The van der Waals surface area contributed by atoms with Gasteiger partial charge in [0.2, 0.25) is 0 Å². The Bertz CT molecular complexity index is 193. The molecule has 0 saturated heterocycles. The molecule has 0 aliphatic rings. The minimum atomic E-state index is -3.50. The first-order valence-electron chi connectivity index (χ1n) is 1.75. The van der Waals surface area contributed by atoms with Crippen LogP contribution in [0.4, 0.5) is 0 Å². The quantitative estimate of drug-likeness (QED) is 0.631. The molecule has 0 atom stereocenters. The fraction of sp³-hybridized carbons (Fsp3) is 0.333. The molecule has 0 unspecified atom stereocenters. The van der Waals surface area contributed by atoms with E-state index in [2.05, 4.69) is 15.9 Å². The number of hydrogen-bond acceptors (Lipinski definition) is 2. The summed E-state index contributed by atoms with van der Waals surface area (Å²) in [5.41, 5.74) is 0. The third-order valence-electron chi connectivity index (χ3n) is 0.460. The SMILES string of the molecule is CC=C(Br)S(=O)(=O)Cl. The summed E-state index contributed by atoms with van der Waals surface area (Å²) < 4.78 is 20.4. The molecule has 0 aliphatic carbocycles. The highest BCUT2D eigenvalue weighted by Crippen LogP contribution is 2.17. The van der Waals surface area contributed by atoms with E-state index < -0.39 is 9.05 Å². The summed E-state index contributed by atoms with van der Waals surface area (Å²) in [5, 5.41) is 0. The van der Waals surface area contributed by atoms with Crippen LogP contribution in [0.3, 0.4) is 0 Å². The summed E-state index contributed by atoms with van der Waals surface area (Å²) in [6.45, 7) is 1.57. The molecular weight excluding hydrogens is 215 g/mol. The number of hydrogen-bond donors (Lipinski definition) is 0. The largest absolute Gasteiger partial charge is 0.267 e. The van der Waals surface area contributed by atoms with E-state index in [0.29, 0.717) is 0 Å². The zero-order valence-electron chi connectivity index (χ0n) is 4.06. The van der Waals surface area contributed by atoms with Gasteiger partial charge in [0.15, 0.2) is 0 Å². The van der Waals surface area contributed by atoms with E-state index in [0.717, 1.165) is 0 Å². The molecule has 0 fully saturated rings. The molecule has 0 heterocycles. The lowest BCUT2D eigenvalue weighted by atomic mass is 10.8. The fourth-order valence-corrected chi connectivity index (χ4v) is 0.690. The summed E-state index contributed by atoms with van der Waals surface area (Å²) >= 11 is 2.74. The Hall–Kier alpha value is 0.460. The Balaban J connectivity index is 4.55. The third-order valence-corrected chi connectivity index (χ3v) is 3.96. The first-order chi connectivity index (χ1) is 3.48. The Morgan fingerprint density at radius 3 is 2.12 bits per heavy atom. The molecule has 0 saturated carbocycles. The molecule has 0 N–H and O–H groups in total. The average Bonchev–Trinajstić information content (AvgIpc) is 1.62. The fourth-order valence-electron chi connectivity index (χ4n) is 0.141. The monoisotopic (exact) mass is 218 g/mol. The van der Waals surface area contributed by atoms with Crippen molar-refractivity contribution >= 4 is 35.7 Å². The third kappa shape index (κ3) is 2.69. The van der Waals surface area contributed by atoms with E-state index in [9.17, 15) is 8.42 Å². The van der Waals surface area contributed by atoms with Gasteiger partial charge < -0.3 is 0 Å².